The number of benzene rings is 2. The molecule has 1 aliphatic heterocycles. The number of aromatic nitrogens is 2. The summed E-state index contributed by atoms with van der Waals surface area (Å²) < 4.78 is 5.09. The number of hydrogen-bond acceptors (Lipinski definition) is 4. The molecule has 7 nitrogen and oxygen atoms in total. The van der Waals surface area contributed by atoms with Gasteiger partial charge in [-0.2, -0.15) is 0 Å². The molecule has 1 fully saturated rings. The smallest absolute Gasteiger partial charge is 0.291 e. The Kier molecular flexibility index (Phi) is 5.00. The van der Waals surface area contributed by atoms with Crippen molar-refractivity contribution < 1.29 is 14.0 Å². The average molecular weight is 414 g/mol. The van der Waals surface area contributed by atoms with Crippen molar-refractivity contribution in [3.05, 3.63) is 84.1 Å². The monoisotopic (exact) mass is 414 g/mol. The van der Waals surface area contributed by atoms with Crippen LogP contribution in [0.1, 0.15) is 45.5 Å². The summed E-state index contributed by atoms with van der Waals surface area (Å²) in [6.07, 6.45) is 3.39. The molecule has 5 rings (SSSR count). The summed E-state index contributed by atoms with van der Waals surface area (Å²) in [6, 6.07) is 18.2. The van der Waals surface area contributed by atoms with Gasteiger partial charge in [0, 0.05) is 30.3 Å². The molecule has 1 saturated heterocycles. The predicted octanol–water partition coefficient (Wildman–Crippen LogP) is 4.43. The summed E-state index contributed by atoms with van der Waals surface area (Å²) in [5.74, 6) is 1.04. The molecule has 7 heteroatoms. The normalized spacial score (nSPS) is 16.4. The quantitative estimate of drug-likeness (QED) is 0.517. The van der Waals surface area contributed by atoms with Crippen molar-refractivity contribution >= 4 is 28.5 Å². The number of para-hydroxylation sites is 2. The van der Waals surface area contributed by atoms with E-state index in [1.54, 1.807) is 36.4 Å². The third kappa shape index (κ3) is 3.94. The van der Waals surface area contributed by atoms with E-state index >= 15 is 0 Å². The van der Waals surface area contributed by atoms with Crippen molar-refractivity contribution in [2.75, 3.05) is 18.4 Å². The number of nitrogens with zero attached hydrogens (tertiary/aromatic N) is 2. The number of carbonyl (C=O) groups excluding carboxylic acids is 2. The van der Waals surface area contributed by atoms with E-state index in [-0.39, 0.29) is 23.5 Å². The Morgan fingerprint density at radius 3 is 2.68 bits per heavy atom. The van der Waals surface area contributed by atoms with Gasteiger partial charge in [0.05, 0.1) is 17.3 Å². The molecular weight excluding hydrogens is 392 g/mol. The van der Waals surface area contributed by atoms with Crippen LogP contribution in [-0.2, 0) is 0 Å². The predicted molar refractivity (Wildman–Crippen MR) is 117 cm³/mol. The molecule has 2 N–H and O–H groups in total. The van der Waals surface area contributed by atoms with Crippen molar-refractivity contribution in [1.82, 2.24) is 14.9 Å². The molecule has 1 atom stereocenters. The number of H-pyrrole nitrogens is 1. The van der Waals surface area contributed by atoms with Gasteiger partial charge in [0.2, 0.25) is 0 Å². The first kappa shape index (κ1) is 19.1. The molecule has 0 spiro atoms. The van der Waals surface area contributed by atoms with Crippen LogP contribution in [0.25, 0.3) is 11.0 Å². The fraction of sp³-hybridized carbons (Fsp3) is 0.208. The molecule has 4 aromatic rings. The highest BCUT2D eigenvalue weighted by atomic mass is 16.3. The zero-order chi connectivity index (χ0) is 21.2. The van der Waals surface area contributed by atoms with E-state index in [0.29, 0.717) is 17.8 Å². The summed E-state index contributed by atoms with van der Waals surface area (Å²) in [6.45, 7) is 1.36. The van der Waals surface area contributed by atoms with Gasteiger partial charge < -0.3 is 19.6 Å². The summed E-state index contributed by atoms with van der Waals surface area (Å²) in [5, 5.41) is 2.76. The topological polar surface area (TPSA) is 91.2 Å². The largest absolute Gasteiger partial charge is 0.459 e. The molecular formula is C24H22N4O3. The van der Waals surface area contributed by atoms with E-state index in [4.69, 9.17) is 9.40 Å². The summed E-state index contributed by atoms with van der Waals surface area (Å²) >= 11 is 0. The van der Waals surface area contributed by atoms with Crippen LogP contribution in [0.3, 0.4) is 0 Å². The lowest BCUT2D eigenvalue weighted by Crippen LogP contribution is -2.39. The van der Waals surface area contributed by atoms with Crippen molar-refractivity contribution in [2.24, 2.45) is 0 Å². The number of piperidine rings is 1. The number of rotatable bonds is 4. The lowest BCUT2D eigenvalue weighted by atomic mass is 9.96. The molecule has 0 radical (unpaired) electrons. The number of nitrogens with one attached hydrogen (secondary N) is 2. The van der Waals surface area contributed by atoms with Crippen LogP contribution in [0.4, 0.5) is 5.69 Å². The van der Waals surface area contributed by atoms with Gasteiger partial charge in [-0.05, 0) is 61.4 Å². The Hall–Kier alpha value is -3.87. The fourth-order valence-corrected chi connectivity index (χ4v) is 4.03. The number of furan rings is 1. The zero-order valence-electron chi connectivity index (χ0n) is 16.9. The van der Waals surface area contributed by atoms with E-state index in [0.717, 1.165) is 36.2 Å². The summed E-state index contributed by atoms with van der Waals surface area (Å²) in [5.41, 5.74) is 3.18. The van der Waals surface area contributed by atoms with Crippen molar-refractivity contribution in [3.8, 4) is 0 Å². The molecule has 2 amide bonds. The maximum atomic E-state index is 13.1. The number of amides is 2. The van der Waals surface area contributed by atoms with Crippen LogP contribution in [0, 0.1) is 0 Å². The van der Waals surface area contributed by atoms with Crippen LogP contribution < -0.4 is 5.32 Å². The molecule has 0 saturated carbocycles. The maximum Gasteiger partial charge on any atom is 0.291 e. The lowest BCUT2D eigenvalue weighted by Gasteiger charge is -2.32. The second-order valence-electron chi connectivity index (χ2n) is 7.74. The molecule has 1 unspecified atom stereocenters. The van der Waals surface area contributed by atoms with Gasteiger partial charge in [-0.15, -0.1) is 0 Å². The number of fused-ring (bicyclic) bond motifs is 1. The summed E-state index contributed by atoms with van der Waals surface area (Å²) in [7, 11) is 0. The number of aromatic amines is 1. The molecule has 2 aromatic heterocycles. The number of imidazole rings is 1. The molecule has 156 valence electrons. The highest BCUT2D eigenvalue weighted by Crippen LogP contribution is 2.27. The Balaban J connectivity index is 1.26. The number of carbonyl (C=O) groups is 2. The van der Waals surface area contributed by atoms with Crippen molar-refractivity contribution in [1.29, 1.82) is 0 Å². The van der Waals surface area contributed by atoms with Gasteiger partial charge in [-0.3, -0.25) is 9.59 Å². The molecule has 31 heavy (non-hydrogen) atoms. The minimum atomic E-state index is -0.325. The maximum absolute atomic E-state index is 13.1. The Bertz CT molecular complexity index is 1180. The highest BCUT2D eigenvalue weighted by molar-refractivity contribution is 6.02. The first-order valence-electron chi connectivity index (χ1n) is 10.4. The molecule has 0 bridgehead atoms. The van der Waals surface area contributed by atoms with Gasteiger partial charge in [0.1, 0.15) is 5.82 Å². The van der Waals surface area contributed by atoms with Crippen molar-refractivity contribution in [2.45, 2.75) is 18.8 Å². The molecule has 2 aromatic carbocycles. The van der Waals surface area contributed by atoms with Crippen LogP contribution in [0.15, 0.2) is 71.3 Å². The number of hydrogen-bond donors (Lipinski definition) is 2. The van der Waals surface area contributed by atoms with Gasteiger partial charge >= 0.3 is 0 Å². The minimum absolute atomic E-state index is 0.00952. The summed E-state index contributed by atoms with van der Waals surface area (Å²) in [4.78, 5) is 35.2. The SMILES string of the molecule is O=C(Nc1ccc(C(=O)N2CCCC(c3nc4ccccc4[nH]3)C2)cc1)c1ccco1. The molecule has 1 aliphatic rings. The Labute approximate surface area is 179 Å². The van der Waals surface area contributed by atoms with Crippen LogP contribution in [0.2, 0.25) is 0 Å². The van der Waals surface area contributed by atoms with Crippen LogP contribution in [0.5, 0.6) is 0 Å². The Morgan fingerprint density at radius 1 is 1.06 bits per heavy atom. The zero-order valence-corrected chi connectivity index (χ0v) is 16.9. The van der Waals surface area contributed by atoms with Gasteiger partial charge in [0.25, 0.3) is 11.8 Å². The van der Waals surface area contributed by atoms with Gasteiger partial charge in [-0.25, -0.2) is 4.98 Å². The van der Waals surface area contributed by atoms with Gasteiger partial charge in [-0.1, -0.05) is 12.1 Å². The standard InChI is InChI=1S/C24H22N4O3/c29-23(21-8-4-14-31-21)25-18-11-9-16(10-12-18)24(30)28-13-3-5-17(15-28)22-26-19-6-1-2-7-20(19)27-22/h1-2,4,6-12,14,17H,3,5,13,15H2,(H,25,29)(H,26,27). The minimum Gasteiger partial charge on any atom is -0.459 e. The Morgan fingerprint density at radius 2 is 1.90 bits per heavy atom. The molecule has 3 heterocycles. The number of likely N-dealkylation sites (tertiary alicyclic amines) is 1. The second kappa shape index (κ2) is 8.10. The first-order chi connectivity index (χ1) is 15.2. The van der Waals surface area contributed by atoms with Crippen LogP contribution >= 0.6 is 0 Å². The third-order valence-electron chi connectivity index (χ3n) is 5.64. The molecule has 0 aliphatic carbocycles. The second-order valence-corrected chi connectivity index (χ2v) is 7.74. The first-order valence-corrected chi connectivity index (χ1v) is 10.4. The van der Waals surface area contributed by atoms with E-state index in [1.807, 2.05) is 29.2 Å². The number of anilines is 1. The van der Waals surface area contributed by atoms with Crippen LogP contribution in [-0.4, -0.2) is 39.8 Å². The van der Waals surface area contributed by atoms with E-state index in [2.05, 4.69) is 10.3 Å². The third-order valence-corrected chi connectivity index (χ3v) is 5.64. The fourth-order valence-electron chi connectivity index (χ4n) is 4.03. The van der Waals surface area contributed by atoms with E-state index < -0.39 is 0 Å². The van der Waals surface area contributed by atoms with Gasteiger partial charge in [0.15, 0.2) is 5.76 Å². The average Bonchev–Trinajstić information content (AvgIpc) is 3.49. The highest BCUT2D eigenvalue weighted by Gasteiger charge is 2.27. The van der Waals surface area contributed by atoms with E-state index in [1.165, 1.54) is 6.26 Å². The van der Waals surface area contributed by atoms with E-state index in [9.17, 15) is 9.59 Å². The van der Waals surface area contributed by atoms with Crippen molar-refractivity contribution in [3.63, 3.8) is 0 Å². The lowest BCUT2D eigenvalue weighted by molar-refractivity contribution is 0.0705.